The molecule has 0 saturated heterocycles. The monoisotopic (exact) mass is 477 g/mol. The van der Waals surface area contributed by atoms with Crippen molar-refractivity contribution in [3.63, 3.8) is 0 Å². The summed E-state index contributed by atoms with van der Waals surface area (Å²) in [6, 6.07) is 0. The van der Waals surface area contributed by atoms with Crippen LogP contribution in [0.15, 0.2) is 0 Å². The van der Waals surface area contributed by atoms with Crippen LogP contribution in [0, 0.1) is 0 Å². The van der Waals surface area contributed by atoms with Gasteiger partial charge in [0.15, 0.2) is 0 Å². The summed E-state index contributed by atoms with van der Waals surface area (Å²) >= 11 is 0. The lowest BCUT2D eigenvalue weighted by Crippen LogP contribution is -2.73. The van der Waals surface area contributed by atoms with Gasteiger partial charge in [-0.25, -0.2) is 0 Å². The van der Waals surface area contributed by atoms with Crippen LogP contribution in [-0.4, -0.2) is 53.8 Å². The molecule has 0 aliphatic heterocycles. The molecule has 4 nitrogen and oxygen atoms in total. The average molecular weight is 477 g/mol. The zero-order valence-electron chi connectivity index (χ0n) is 12.9. The Bertz CT molecular complexity index is 674. The highest BCUT2D eigenvalue weighted by atomic mass is 32.2. The van der Waals surface area contributed by atoms with Crippen molar-refractivity contribution in [2.24, 2.45) is 0 Å². The van der Waals surface area contributed by atoms with Gasteiger partial charge >= 0.3 is 50.9 Å². The number of rotatable bonds is 8. The molecule has 0 fully saturated rings. The third kappa shape index (κ3) is 3.37. The Morgan fingerprint density at radius 3 is 1.11 bits per heavy atom. The Morgan fingerprint density at radius 2 is 0.857 bits per heavy atom. The predicted molar refractivity (Wildman–Crippen MR) is 61.5 cm³/mol. The summed E-state index contributed by atoms with van der Waals surface area (Å²) in [7, 11) is -7.69. The minimum absolute atomic E-state index is 0. The first-order valence-electron chi connectivity index (χ1n) is 5.93. The molecule has 0 atom stereocenters. The van der Waals surface area contributed by atoms with E-state index < -0.39 is 57.3 Å². The standard InChI is InChI=1S/C9H6F14O3S.H3N/c1-2-3(10,11)4(12,13)5(14,15)6(16,17)7(18,19)8(20,21)9(22,23)27(24,25)26;/h2H2,1H3,(H,24,25,26);1H3. The summed E-state index contributed by atoms with van der Waals surface area (Å²) in [4.78, 5) is 0. The first-order valence-corrected chi connectivity index (χ1v) is 7.37. The van der Waals surface area contributed by atoms with Gasteiger partial charge in [-0.05, 0) is 0 Å². The molecule has 172 valence electrons. The molecule has 0 spiro atoms. The largest absolute Gasteiger partial charge is 0.438 e. The Morgan fingerprint density at radius 1 is 0.607 bits per heavy atom. The van der Waals surface area contributed by atoms with Crippen LogP contribution in [0.2, 0.25) is 0 Å². The van der Waals surface area contributed by atoms with Crippen molar-refractivity contribution < 1.29 is 74.4 Å². The maximum absolute atomic E-state index is 13.2. The summed E-state index contributed by atoms with van der Waals surface area (Å²) in [6.07, 6.45) is -2.41. The molecule has 0 bridgehead atoms. The predicted octanol–water partition coefficient (Wildman–Crippen LogP) is 4.85. The van der Waals surface area contributed by atoms with Crippen LogP contribution in [0.3, 0.4) is 0 Å². The maximum Gasteiger partial charge on any atom is 0.438 e. The fourth-order valence-electron chi connectivity index (χ4n) is 1.39. The molecular weight excluding hydrogens is 468 g/mol. The van der Waals surface area contributed by atoms with Crippen LogP contribution in [0.5, 0.6) is 0 Å². The van der Waals surface area contributed by atoms with Gasteiger partial charge in [-0.3, -0.25) is 4.55 Å². The van der Waals surface area contributed by atoms with E-state index in [1.165, 1.54) is 0 Å². The van der Waals surface area contributed by atoms with Gasteiger partial charge in [-0.2, -0.15) is 69.9 Å². The summed E-state index contributed by atoms with van der Waals surface area (Å²) in [6.45, 7) is -0.0264. The van der Waals surface area contributed by atoms with Gasteiger partial charge in [-0.1, -0.05) is 6.92 Å². The number of alkyl halides is 14. The average Bonchev–Trinajstić information content (AvgIpc) is 2.44. The molecule has 0 aliphatic rings. The van der Waals surface area contributed by atoms with Crippen molar-refractivity contribution in [2.75, 3.05) is 0 Å². The normalized spacial score (nSPS) is 16.0. The second-order valence-electron chi connectivity index (χ2n) is 4.92. The minimum Gasteiger partial charge on any atom is -0.344 e. The van der Waals surface area contributed by atoms with E-state index in [-0.39, 0.29) is 13.1 Å². The summed E-state index contributed by atoms with van der Waals surface area (Å²) in [5.74, 6) is -46.7. The van der Waals surface area contributed by atoms with Gasteiger partial charge in [0, 0.05) is 6.42 Å². The van der Waals surface area contributed by atoms with Gasteiger partial charge in [-0.15, -0.1) is 0 Å². The Labute approximate surface area is 146 Å². The number of hydrogen-bond donors (Lipinski definition) is 2. The molecule has 0 amide bonds. The molecule has 28 heavy (non-hydrogen) atoms. The third-order valence-corrected chi connectivity index (χ3v) is 4.07. The van der Waals surface area contributed by atoms with Crippen LogP contribution in [0.25, 0.3) is 0 Å². The lowest BCUT2D eigenvalue weighted by atomic mass is 9.90. The quantitative estimate of drug-likeness (QED) is 0.387. The molecule has 0 aromatic rings. The molecule has 4 N–H and O–H groups in total. The highest BCUT2D eigenvalue weighted by Crippen LogP contribution is 2.62. The molecule has 0 unspecified atom stereocenters. The molecule has 19 heteroatoms. The van der Waals surface area contributed by atoms with Crippen molar-refractivity contribution >= 4 is 10.1 Å². The summed E-state index contributed by atoms with van der Waals surface area (Å²) in [5.41, 5.74) is 0. The molecule has 0 rings (SSSR count). The highest BCUT2D eigenvalue weighted by Gasteiger charge is 2.94. The van der Waals surface area contributed by atoms with Crippen LogP contribution < -0.4 is 6.15 Å². The van der Waals surface area contributed by atoms with E-state index in [1.807, 2.05) is 0 Å². The smallest absolute Gasteiger partial charge is 0.344 e. The molecule has 0 saturated carbocycles. The van der Waals surface area contributed by atoms with Crippen LogP contribution in [-0.2, 0) is 10.1 Å². The van der Waals surface area contributed by atoms with Gasteiger partial charge < -0.3 is 6.15 Å². The van der Waals surface area contributed by atoms with Gasteiger partial charge in [0.25, 0.3) is 0 Å². The minimum atomic E-state index is -8.38. The van der Waals surface area contributed by atoms with Gasteiger partial charge in [0.05, 0.1) is 0 Å². The second-order valence-corrected chi connectivity index (χ2v) is 6.38. The molecular formula is C9H9F14NO3S. The van der Waals surface area contributed by atoms with Crippen molar-refractivity contribution in [1.29, 1.82) is 0 Å². The van der Waals surface area contributed by atoms with E-state index in [4.69, 9.17) is 4.55 Å². The fraction of sp³-hybridized carbons (Fsp3) is 1.00. The van der Waals surface area contributed by atoms with Crippen LogP contribution in [0.1, 0.15) is 13.3 Å². The van der Waals surface area contributed by atoms with Crippen molar-refractivity contribution in [2.45, 2.75) is 54.1 Å². The summed E-state index contributed by atoms with van der Waals surface area (Å²) < 4.78 is 210. The molecule has 0 heterocycles. The van der Waals surface area contributed by atoms with Gasteiger partial charge in [0.1, 0.15) is 0 Å². The molecule has 0 aliphatic carbocycles. The van der Waals surface area contributed by atoms with E-state index in [0.717, 1.165) is 0 Å². The van der Waals surface area contributed by atoms with E-state index in [2.05, 4.69) is 0 Å². The first-order chi connectivity index (χ1) is 11.3. The number of hydrogen-bond acceptors (Lipinski definition) is 3. The molecule has 0 aromatic heterocycles. The number of halogens is 14. The third-order valence-electron chi connectivity index (χ3n) is 3.17. The van der Waals surface area contributed by atoms with Crippen LogP contribution >= 0.6 is 0 Å². The van der Waals surface area contributed by atoms with Crippen molar-refractivity contribution in [3.8, 4) is 0 Å². The fourth-order valence-corrected chi connectivity index (χ4v) is 1.84. The first kappa shape index (κ1) is 29.1. The Balaban J connectivity index is 0. The summed E-state index contributed by atoms with van der Waals surface area (Å²) in [5, 5.41) is -7.61. The second kappa shape index (κ2) is 6.99. The van der Waals surface area contributed by atoms with Gasteiger partial charge in [0.2, 0.25) is 0 Å². The van der Waals surface area contributed by atoms with E-state index in [1.54, 1.807) is 0 Å². The zero-order valence-corrected chi connectivity index (χ0v) is 13.7. The Kier molecular flexibility index (Phi) is 7.27. The van der Waals surface area contributed by atoms with Crippen LogP contribution in [0.4, 0.5) is 61.5 Å². The van der Waals surface area contributed by atoms with E-state index in [0.29, 0.717) is 0 Å². The maximum atomic E-state index is 13.2. The lowest BCUT2D eigenvalue weighted by molar-refractivity contribution is -0.435. The van der Waals surface area contributed by atoms with E-state index in [9.17, 15) is 69.9 Å². The van der Waals surface area contributed by atoms with Crippen molar-refractivity contribution in [1.82, 2.24) is 6.15 Å². The van der Waals surface area contributed by atoms with E-state index >= 15 is 0 Å². The SMILES string of the molecule is CCC(F)(F)C(F)(F)C(F)(F)C(F)(F)C(F)(F)C(F)(F)C(F)(F)S(=O)(=O)O.N. The molecule has 0 radical (unpaired) electrons. The molecule has 0 aromatic carbocycles. The van der Waals surface area contributed by atoms with Crippen molar-refractivity contribution in [3.05, 3.63) is 0 Å². The highest BCUT2D eigenvalue weighted by molar-refractivity contribution is 7.87. The lowest BCUT2D eigenvalue weighted by Gasteiger charge is -2.42. The topological polar surface area (TPSA) is 89.4 Å². The zero-order chi connectivity index (χ0) is 22.7. The Hall–Kier alpha value is -1.11.